The summed E-state index contributed by atoms with van der Waals surface area (Å²) in [6, 6.07) is 7.97. The molecule has 0 saturated carbocycles. The van der Waals surface area contributed by atoms with Crippen molar-refractivity contribution in [2.75, 3.05) is 6.54 Å². The Hall–Kier alpha value is -1.32. The molecule has 0 unspecified atom stereocenters. The van der Waals surface area contributed by atoms with Crippen LogP contribution in [0.1, 0.15) is 25.1 Å². The quantitative estimate of drug-likeness (QED) is 0.870. The van der Waals surface area contributed by atoms with E-state index in [2.05, 4.69) is 41.3 Å². The van der Waals surface area contributed by atoms with E-state index < -0.39 is 0 Å². The van der Waals surface area contributed by atoms with E-state index in [1.807, 2.05) is 18.3 Å². The number of rotatable bonds is 5. The van der Waals surface area contributed by atoms with Gasteiger partial charge in [-0.1, -0.05) is 23.7 Å². The van der Waals surface area contributed by atoms with E-state index in [9.17, 15) is 0 Å². The molecule has 0 fully saturated rings. The van der Waals surface area contributed by atoms with E-state index in [4.69, 9.17) is 11.6 Å². The van der Waals surface area contributed by atoms with Crippen molar-refractivity contribution in [2.24, 2.45) is 0 Å². The predicted octanol–water partition coefficient (Wildman–Crippen LogP) is 3.13. The maximum Gasteiger partial charge on any atom is 0.0921 e. The van der Waals surface area contributed by atoms with Crippen molar-refractivity contribution in [3.8, 4) is 0 Å². The third-order valence-corrected chi connectivity index (χ3v) is 3.33. The number of nitrogens with one attached hydrogen (secondary N) is 2. The molecule has 0 spiro atoms. The van der Waals surface area contributed by atoms with E-state index >= 15 is 0 Å². The molecule has 1 aromatic carbocycles. The van der Waals surface area contributed by atoms with Crippen LogP contribution >= 0.6 is 11.6 Å². The van der Waals surface area contributed by atoms with Crippen LogP contribution in [0, 0.1) is 0 Å². The number of imidazole rings is 1. The second-order valence-electron chi connectivity index (χ2n) is 4.89. The number of nitrogens with zero attached hydrogens (tertiary/aromatic N) is 1. The highest BCUT2D eigenvalue weighted by Gasteiger charge is 2.19. The van der Waals surface area contributed by atoms with Crippen molar-refractivity contribution in [3.05, 3.63) is 53.1 Å². The molecule has 0 saturated heterocycles. The predicted molar refractivity (Wildman–Crippen MR) is 74.8 cm³/mol. The summed E-state index contributed by atoms with van der Waals surface area (Å²) in [7, 11) is 0. The molecule has 0 amide bonds. The zero-order chi connectivity index (χ0) is 13.0. The largest absolute Gasteiger partial charge is 0.348 e. The first-order valence-electron chi connectivity index (χ1n) is 6.06. The molecule has 0 aliphatic carbocycles. The summed E-state index contributed by atoms with van der Waals surface area (Å²) in [6.07, 6.45) is 4.51. The van der Waals surface area contributed by atoms with Crippen molar-refractivity contribution in [2.45, 2.75) is 25.8 Å². The van der Waals surface area contributed by atoms with Gasteiger partial charge in [-0.3, -0.25) is 0 Å². The smallest absolute Gasteiger partial charge is 0.0921 e. The van der Waals surface area contributed by atoms with Gasteiger partial charge >= 0.3 is 0 Å². The topological polar surface area (TPSA) is 40.7 Å². The number of aromatic amines is 1. The van der Waals surface area contributed by atoms with E-state index in [0.29, 0.717) is 0 Å². The minimum atomic E-state index is -0.0649. The maximum atomic E-state index is 5.90. The Morgan fingerprint density at radius 1 is 1.28 bits per heavy atom. The third-order valence-electron chi connectivity index (χ3n) is 3.08. The van der Waals surface area contributed by atoms with Crippen molar-refractivity contribution in [3.63, 3.8) is 0 Å². The van der Waals surface area contributed by atoms with Gasteiger partial charge in [0.25, 0.3) is 0 Å². The van der Waals surface area contributed by atoms with Crippen LogP contribution in [0.5, 0.6) is 0 Å². The van der Waals surface area contributed by atoms with Gasteiger partial charge in [-0.25, -0.2) is 4.98 Å². The van der Waals surface area contributed by atoms with Crippen LogP contribution in [0.3, 0.4) is 0 Å². The van der Waals surface area contributed by atoms with Crippen LogP contribution in [0.25, 0.3) is 0 Å². The molecule has 2 aromatic rings. The molecule has 96 valence electrons. The molecule has 1 heterocycles. The van der Waals surface area contributed by atoms with E-state index in [1.54, 1.807) is 6.33 Å². The van der Waals surface area contributed by atoms with Crippen LogP contribution < -0.4 is 5.32 Å². The molecule has 4 heteroatoms. The van der Waals surface area contributed by atoms with Crippen LogP contribution in [0.2, 0.25) is 5.02 Å². The Morgan fingerprint density at radius 3 is 2.61 bits per heavy atom. The van der Waals surface area contributed by atoms with Crippen LogP contribution in [0.15, 0.2) is 36.8 Å². The first kappa shape index (κ1) is 13.1. The summed E-state index contributed by atoms with van der Waals surface area (Å²) < 4.78 is 0. The van der Waals surface area contributed by atoms with Crippen molar-refractivity contribution < 1.29 is 0 Å². The molecule has 3 nitrogen and oxygen atoms in total. The van der Waals surface area contributed by atoms with Crippen molar-refractivity contribution in [1.82, 2.24) is 15.3 Å². The molecule has 2 rings (SSSR count). The summed E-state index contributed by atoms with van der Waals surface area (Å²) in [6.45, 7) is 5.24. The highest BCUT2D eigenvalue weighted by Crippen LogP contribution is 2.21. The Kier molecular flexibility index (Phi) is 4.04. The van der Waals surface area contributed by atoms with Gasteiger partial charge in [-0.15, -0.1) is 0 Å². The van der Waals surface area contributed by atoms with Crippen LogP contribution in [0.4, 0.5) is 0 Å². The molecule has 2 N–H and O–H groups in total. The van der Waals surface area contributed by atoms with Crippen LogP contribution in [-0.4, -0.2) is 16.5 Å². The summed E-state index contributed by atoms with van der Waals surface area (Å²) in [5.41, 5.74) is 2.32. The lowest BCUT2D eigenvalue weighted by molar-refractivity contribution is 0.406. The van der Waals surface area contributed by atoms with Crippen LogP contribution in [-0.2, 0) is 12.0 Å². The normalized spacial score (nSPS) is 11.7. The minimum absolute atomic E-state index is 0.0649. The molecular weight excluding hydrogens is 246 g/mol. The van der Waals surface area contributed by atoms with E-state index in [-0.39, 0.29) is 5.54 Å². The second-order valence-corrected chi connectivity index (χ2v) is 5.32. The average molecular weight is 264 g/mol. The van der Waals surface area contributed by atoms with Gasteiger partial charge in [0.15, 0.2) is 0 Å². The number of hydrogen-bond acceptors (Lipinski definition) is 2. The van der Waals surface area contributed by atoms with Gasteiger partial charge in [0.05, 0.1) is 6.33 Å². The van der Waals surface area contributed by atoms with E-state index in [0.717, 1.165) is 23.7 Å². The molecule has 0 radical (unpaired) electrons. The SMILES string of the molecule is CC(C)(NCCc1cnc[nH]1)c1ccc(Cl)cc1. The highest BCUT2D eigenvalue weighted by atomic mass is 35.5. The molecule has 0 aliphatic heterocycles. The summed E-state index contributed by atoms with van der Waals surface area (Å²) in [5, 5.41) is 4.31. The third kappa shape index (κ3) is 3.34. The van der Waals surface area contributed by atoms with Crippen molar-refractivity contribution in [1.29, 1.82) is 0 Å². The van der Waals surface area contributed by atoms with Crippen molar-refractivity contribution >= 4 is 11.6 Å². The Labute approximate surface area is 113 Å². The van der Waals surface area contributed by atoms with Gasteiger partial charge in [-0.2, -0.15) is 0 Å². The highest BCUT2D eigenvalue weighted by molar-refractivity contribution is 6.30. The Morgan fingerprint density at radius 2 is 2.00 bits per heavy atom. The molecule has 0 atom stereocenters. The fourth-order valence-electron chi connectivity index (χ4n) is 1.90. The Balaban J connectivity index is 1.92. The Bertz CT molecular complexity index is 474. The lowest BCUT2D eigenvalue weighted by atomic mass is 9.94. The zero-order valence-corrected chi connectivity index (χ0v) is 11.5. The van der Waals surface area contributed by atoms with Gasteiger partial charge in [0, 0.05) is 35.4 Å². The standard InChI is InChI=1S/C14H18ClN3/c1-14(2,11-3-5-12(15)6-4-11)18-8-7-13-9-16-10-17-13/h3-6,9-10,18H,7-8H2,1-2H3,(H,16,17). The molecule has 18 heavy (non-hydrogen) atoms. The number of benzene rings is 1. The zero-order valence-electron chi connectivity index (χ0n) is 10.7. The number of aromatic nitrogens is 2. The fourth-order valence-corrected chi connectivity index (χ4v) is 2.03. The lowest BCUT2D eigenvalue weighted by Crippen LogP contribution is -2.37. The maximum absolute atomic E-state index is 5.90. The van der Waals surface area contributed by atoms with Gasteiger partial charge in [0.2, 0.25) is 0 Å². The molecule has 0 aliphatic rings. The number of halogens is 1. The molecule has 1 aromatic heterocycles. The first-order chi connectivity index (χ1) is 8.58. The number of hydrogen-bond donors (Lipinski definition) is 2. The average Bonchev–Trinajstić information content (AvgIpc) is 2.82. The second kappa shape index (κ2) is 5.55. The van der Waals surface area contributed by atoms with E-state index in [1.165, 1.54) is 5.56 Å². The summed E-state index contributed by atoms with van der Waals surface area (Å²) in [4.78, 5) is 7.11. The van der Waals surface area contributed by atoms with Gasteiger partial charge < -0.3 is 10.3 Å². The summed E-state index contributed by atoms with van der Waals surface area (Å²) in [5.74, 6) is 0. The lowest BCUT2D eigenvalue weighted by Gasteiger charge is -2.27. The fraction of sp³-hybridized carbons (Fsp3) is 0.357. The molecular formula is C14H18ClN3. The monoisotopic (exact) mass is 263 g/mol. The minimum Gasteiger partial charge on any atom is -0.348 e. The summed E-state index contributed by atoms with van der Waals surface area (Å²) >= 11 is 5.90. The van der Waals surface area contributed by atoms with Gasteiger partial charge in [-0.05, 0) is 31.5 Å². The molecule has 0 bridgehead atoms. The first-order valence-corrected chi connectivity index (χ1v) is 6.44. The van der Waals surface area contributed by atoms with Gasteiger partial charge in [0.1, 0.15) is 0 Å². The number of H-pyrrole nitrogens is 1.